The van der Waals surface area contributed by atoms with Gasteiger partial charge in [0.15, 0.2) is 0 Å². The van der Waals surface area contributed by atoms with Crippen LogP contribution in [0, 0.1) is 11.3 Å². The smallest absolute Gasteiger partial charge is 0.0101 e. The number of nitrogens with zero attached hydrogens (tertiary/aromatic N) is 1. The van der Waals surface area contributed by atoms with Crippen LogP contribution in [0.1, 0.15) is 52.9 Å². The Labute approximate surface area is 107 Å². The van der Waals surface area contributed by atoms with Gasteiger partial charge in [-0.05, 0) is 63.1 Å². The maximum atomic E-state index is 3.47. The van der Waals surface area contributed by atoms with Crippen molar-refractivity contribution in [2.24, 2.45) is 11.3 Å². The highest BCUT2D eigenvalue weighted by Gasteiger charge is 2.30. The number of hydrogen-bond acceptors (Lipinski definition) is 2. The second-order valence-electron chi connectivity index (χ2n) is 7.25. The summed E-state index contributed by atoms with van der Waals surface area (Å²) in [5.41, 5.74) is 0.487. The van der Waals surface area contributed by atoms with Crippen LogP contribution >= 0.6 is 0 Å². The van der Waals surface area contributed by atoms with Crippen LogP contribution in [-0.2, 0) is 0 Å². The van der Waals surface area contributed by atoms with E-state index in [2.05, 4.69) is 31.0 Å². The fraction of sp³-hybridized carbons (Fsp3) is 1.00. The van der Waals surface area contributed by atoms with Crippen molar-refractivity contribution in [2.75, 3.05) is 26.2 Å². The van der Waals surface area contributed by atoms with Crippen LogP contribution in [0.15, 0.2) is 0 Å². The lowest BCUT2D eigenvalue weighted by Gasteiger charge is -2.34. The number of nitrogens with one attached hydrogen (secondary N) is 1. The summed E-state index contributed by atoms with van der Waals surface area (Å²) >= 11 is 0. The average molecular weight is 238 g/mol. The number of rotatable bonds is 3. The van der Waals surface area contributed by atoms with E-state index in [-0.39, 0.29) is 0 Å². The third kappa shape index (κ3) is 4.26. The monoisotopic (exact) mass is 238 g/mol. The molecule has 2 aliphatic rings. The van der Waals surface area contributed by atoms with Crippen molar-refractivity contribution >= 4 is 0 Å². The number of piperidine rings is 1. The van der Waals surface area contributed by atoms with Gasteiger partial charge in [-0.2, -0.15) is 0 Å². The molecule has 17 heavy (non-hydrogen) atoms. The standard InChI is InChI=1S/C15H30N2/c1-15(2,3)11-14-5-4-10-17(14)12-13-6-8-16-9-7-13/h13-14,16H,4-12H2,1-3H3. The van der Waals surface area contributed by atoms with Gasteiger partial charge in [-0.1, -0.05) is 20.8 Å². The molecule has 0 aromatic heterocycles. The molecule has 2 heterocycles. The molecule has 2 aliphatic heterocycles. The van der Waals surface area contributed by atoms with Crippen molar-refractivity contribution in [3.63, 3.8) is 0 Å². The van der Waals surface area contributed by atoms with E-state index in [4.69, 9.17) is 0 Å². The molecule has 2 fully saturated rings. The molecule has 0 saturated carbocycles. The van der Waals surface area contributed by atoms with Crippen molar-refractivity contribution in [3.05, 3.63) is 0 Å². The molecule has 1 unspecified atom stereocenters. The molecule has 2 saturated heterocycles. The minimum Gasteiger partial charge on any atom is -0.317 e. The summed E-state index contributed by atoms with van der Waals surface area (Å²) in [6.45, 7) is 12.3. The Bertz CT molecular complexity index is 226. The summed E-state index contributed by atoms with van der Waals surface area (Å²) < 4.78 is 0. The van der Waals surface area contributed by atoms with Crippen LogP contribution in [0.25, 0.3) is 0 Å². The second-order valence-corrected chi connectivity index (χ2v) is 7.25. The molecule has 0 amide bonds. The topological polar surface area (TPSA) is 15.3 Å². The Hall–Kier alpha value is -0.0800. The van der Waals surface area contributed by atoms with E-state index in [0.29, 0.717) is 5.41 Å². The first-order valence-electron chi connectivity index (χ1n) is 7.49. The van der Waals surface area contributed by atoms with Crippen LogP contribution in [0.4, 0.5) is 0 Å². The Morgan fingerprint density at radius 1 is 1.12 bits per heavy atom. The maximum absolute atomic E-state index is 3.47. The van der Waals surface area contributed by atoms with Crippen LogP contribution < -0.4 is 5.32 Å². The van der Waals surface area contributed by atoms with Crippen molar-refractivity contribution in [1.29, 1.82) is 0 Å². The lowest BCUT2D eigenvalue weighted by atomic mass is 9.87. The molecule has 0 bridgehead atoms. The van der Waals surface area contributed by atoms with Gasteiger partial charge in [-0.3, -0.25) is 0 Å². The van der Waals surface area contributed by atoms with Crippen LogP contribution in [0.3, 0.4) is 0 Å². The van der Waals surface area contributed by atoms with Gasteiger partial charge in [-0.15, -0.1) is 0 Å². The van der Waals surface area contributed by atoms with E-state index in [1.54, 1.807) is 0 Å². The normalized spacial score (nSPS) is 28.8. The zero-order valence-electron chi connectivity index (χ0n) is 12.0. The number of hydrogen-bond donors (Lipinski definition) is 1. The lowest BCUT2D eigenvalue weighted by molar-refractivity contribution is 0.156. The zero-order chi connectivity index (χ0) is 12.3. The van der Waals surface area contributed by atoms with Crippen molar-refractivity contribution in [1.82, 2.24) is 10.2 Å². The molecule has 1 N–H and O–H groups in total. The lowest BCUT2D eigenvalue weighted by Crippen LogP contribution is -2.39. The quantitative estimate of drug-likeness (QED) is 0.813. The van der Waals surface area contributed by atoms with E-state index in [9.17, 15) is 0 Å². The largest absolute Gasteiger partial charge is 0.317 e. The highest BCUT2D eigenvalue weighted by atomic mass is 15.2. The summed E-state index contributed by atoms with van der Waals surface area (Å²) in [7, 11) is 0. The third-order valence-corrected chi connectivity index (χ3v) is 4.30. The van der Waals surface area contributed by atoms with Crippen LogP contribution in [0.5, 0.6) is 0 Å². The summed E-state index contributed by atoms with van der Waals surface area (Å²) in [4.78, 5) is 2.79. The summed E-state index contributed by atoms with van der Waals surface area (Å²) in [5, 5.41) is 3.47. The minimum atomic E-state index is 0.487. The van der Waals surface area contributed by atoms with Crippen molar-refractivity contribution in [3.8, 4) is 0 Å². The Balaban J connectivity index is 1.82. The first-order valence-corrected chi connectivity index (χ1v) is 7.49. The van der Waals surface area contributed by atoms with Gasteiger partial charge in [-0.25, -0.2) is 0 Å². The van der Waals surface area contributed by atoms with E-state index in [1.807, 2.05) is 0 Å². The first kappa shape index (κ1) is 13.4. The zero-order valence-corrected chi connectivity index (χ0v) is 12.0. The molecule has 0 aromatic rings. The second kappa shape index (κ2) is 5.71. The molecular weight excluding hydrogens is 208 g/mol. The van der Waals surface area contributed by atoms with Gasteiger partial charge in [0.05, 0.1) is 0 Å². The summed E-state index contributed by atoms with van der Waals surface area (Å²) in [5.74, 6) is 0.955. The van der Waals surface area contributed by atoms with Gasteiger partial charge < -0.3 is 10.2 Å². The average Bonchev–Trinajstić information content (AvgIpc) is 2.65. The summed E-state index contributed by atoms with van der Waals surface area (Å²) in [6, 6.07) is 0.866. The molecule has 100 valence electrons. The van der Waals surface area contributed by atoms with Crippen molar-refractivity contribution in [2.45, 2.75) is 58.9 Å². The molecule has 2 nitrogen and oxygen atoms in total. The molecule has 0 spiro atoms. The highest BCUT2D eigenvalue weighted by molar-refractivity contribution is 4.85. The predicted octanol–water partition coefficient (Wildman–Crippen LogP) is 2.89. The van der Waals surface area contributed by atoms with E-state index >= 15 is 0 Å². The maximum Gasteiger partial charge on any atom is 0.0101 e. The summed E-state index contributed by atoms with van der Waals surface area (Å²) in [6.07, 6.45) is 7.00. The van der Waals surface area contributed by atoms with Crippen LogP contribution in [-0.4, -0.2) is 37.1 Å². The van der Waals surface area contributed by atoms with E-state index in [0.717, 1.165) is 12.0 Å². The molecule has 0 radical (unpaired) electrons. The van der Waals surface area contributed by atoms with Gasteiger partial charge in [0.1, 0.15) is 0 Å². The number of likely N-dealkylation sites (tertiary alicyclic amines) is 1. The van der Waals surface area contributed by atoms with E-state index in [1.165, 1.54) is 58.3 Å². The van der Waals surface area contributed by atoms with Gasteiger partial charge in [0, 0.05) is 12.6 Å². The van der Waals surface area contributed by atoms with Crippen LogP contribution in [0.2, 0.25) is 0 Å². The first-order chi connectivity index (χ1) is 8.04. The van der Waals surface area contributed by atoms with Gasteiger partial charge in [0.25, 0.3) is 0 Å². The predicted molar refractivity (Wildman–Crippen MR) is 74.3 cm³/mol. The molecule has 1 atom stereocenters. The van der Waals surface area contributed by atoms with Crippen molar-refractivity contribution < 1.29 is 0 Å². The fourth-order valence-electron chi connectivity index (χ4n) is 3.47. The molecule has 0 aromatic carbocycles. The SMILES string of the molecule is CC(C)(C)CC1CCCN1CC1CCNCC1. The molecule has 2 rings (SSSR count). The molecular formula is C15H30N2. The Morgan fingerprint density at radius 2 is 1.82 bits per heavy atom. The van der Waals surface area contributed by atoms with Gasteiger partial charge in [0.2, 0.25) is 0 Å². The van der Waals surface area contributed by atoms with Gasteiger partial charge >= 0.3 is 0 Å². The minimum absolute atomic E-state index is 0.487. The molecule has 0 aliphatic carbocycles. The Morgan fingerprint density at radius 3 is 2.47 bits per heavy atom. The highest BCUT2D eigenvalue weighted by Crippen LogP contribution is 2.31. The third-order valence-electron chi connectivity index (χ3n) is 4.30. The fourth-order valence-corrected chi connectivity index (χ4v) is 3.47. The van der Waals surface area contributed by atoms with E-state index < -0.39 is 0 Å². The Kier molecular flexibility index (Phi) is 4.48. The molecule has 2 heteroatoms.